The first kappa shape index (κ1) is 8.95. The molecule has 2 nitrogen and oxygen atoms in total. The van der Waals surface area contributed by atoms with Gasteiger partial charge in [-0.3, -0.25) is 4.29 Å². The summed E-state index contributed by atoms with van der Waals surface area (Å²) < 4.78 is 4.29. The van der Waals surface area contributed by atoms with Gasteiger partial charge in [0, 0.05) is 6.54 Å². The van der Waals surface area contributed by atoms with Crippen LogP contribution in [-0.2, 0) is 4.29 Å². The standard InChI is InChI=1S/C6H12ClNO/c1-8(2)5-3-4-6-9-7/h3-4H,5-6H2,1-2H3/b4-3+. The number of hydrogen-bond acceptors (Lipinski definition) is 2. The van der Waals surface area contributed by atoms with Crippen LogP contribution in [0, 0.1) is 0 Å². The van der Waals surface area contributed by atoms with E-state index in [1.807, 2.05) is 26.2 Å². The Balaban J connectivity index is 3.04. The van der Waals surface area contributed by atoms with Crippen LogP contribution in [0.1, 0.15) is 0 Å². The van der Waals surface area contributed by atoms with Gasteiger partial charge in [-0.15, -0.1) is 0 Å². The summed E-state index contributed by atoms with van der Waals surface area (Å²) in [5, 5.41) is 0. The number of likely N-dealkylation sites (N-methyl/N-ethyl adjacent to an activating group) is 1. The topological polar surface area (TPSA) is 12.5 Å². The van der Waals surface area contributed by atoms with Crippen LogP contribution in [0.25, 0.3) is 0 Å². The Morgan fingerprint density at radius 1 is 1.44 bits per heavy atom. The molecular weight excluding hydrogens is 138 g/mol. The third-order valence-corrected chi connectivity index (χ3v) is 0.922. The van der Waals surface area contributed by atoms with Gasteiger partial charge in [-0.05, 0) is 14.1 Å². The van der Waals surface area contributed by atoms with Crippen LogP contribution in [-0.4, -0.2) is 32.1 Å². The predicted molar refractivity (Wildman–Crippen MR) is 39.5 cm³/mol. The van der Waals surface area contributed by atoms with E-state index in [1.165, 1.54) is 0 Å². The van der Waals surface area contributed by atoms with Crippen LogP contribution in [0.5, 0.6) is 0 Å². The van der Waals surface area contributed by atoms with Crippen molar-refractivity contribution in [1.82, 2.24) is 4.90 Å². The number of hydrogen-bond donors (Lipinski definition) is 0. The van der Waals surface area contributed by atoms with Crippen LogP contribution in [0.4, 0.5) is 0 Å². The Bertz CT molecular complexity index is 83.1. The van der Waals surface area contributed by atoms with E-state index < -0.39 is 0 Å². The lowest BCUT2D eigenvalue weighted by molar-refractivity contribution is 0.401. The van der Waals surface area contributed by atoms with Crippen LogP contribution in [0.2, 0.25) is 0 Å². The Morgan fingerprint density at radius 2 is 2.11 bits per heavy atom. The van der Waals surface area contributed by atoms with Crippen LogP contribution >= 0.6 is 11.9 Å². The lowest BCUT2D eigenvalue weighted by Gasteiger charge is -2.02. The van der Waals surface area contributed by atoms with Gasteiger partial charge in [0.2, 0.25) is 0 Å². The van der Waals surface area contributed by atoms with Crippen molar-refractivity contribution in [2.75, 3.05) is 27.2 Å². The Morgan fingerprint density at radius 3 is 2.56 bits per heavy atom. The fraction of sp³-hybridized carbons (Fsp3) is 0.667. The molecule has 0 bridgehead atoms. The first-order valence-corrected chi connectivity index (χ1v) is 3.11. The minimum Gasteiger partial charge on any atom is -0.306 e. The van der Waals surface area contributed by atoms with E-state index in [2.05, 4.69) is 9.19 Å². The molecule has 0 spiro atoms. The molecular formula is C6H12ClNO. The summed E-state index contributed by atoms with van der Waals surface area (Å²) in [4.78, 5) is 2.06. The first-order chi connectivity index (χ1) is 4.27. The summed E-state index contributed by atoms with van der Waals surface area (Å²) in [6.45, 7) is 1.41. The minimum absolute atomic E-state index is 0.482. The number of rotatable bonds is 4. The van der Waals surface area contributed by atoms with Crippen molar-refractivity contribution in [2.45, 2.75) is 0 Å². The highest BCUT2D eigenvalue weighted by Gasteiger charge is 1.80. The van der Waals surface area contributed by atoms with Gasteiger partial charge in [-0.1, -0.05) is 12.2 Å². The second kappa shape index (κ2) is 6.08. The summed E-state index contributed by atoms with van der Waals surface area (Å²) in [6.07, 6.45) is 3.88. The molecule has 0 N–H and O–H groups in total. The highest BCUT2D eigenvalue weighted by atomic mass is 35.5. The second-order valence-corrected chi connectivity index (χ2v) is 2.23. The van der Waals surface area contributed by atoms with Gasteiger partial charge in [0.05, 0.1) is 18.5 Å². The Hall–Kier alpha value is -0.0500. The maximum Gasteiger partial charge on any atom is 0.0864 e. The molecule has 0 aromatic rings. The van der Waals surface area contributed by atoms with E-state index in [1.54, 1.807) is 0 Å². The highest BCUT2D eigenvalue weighted by molar-refractivity contribution is 6.07. The van der Waals surface area contributed by atoms with Crippen molar-refractivity contribution in [3.8, 4) is 0 Å². The van der Waals surface area contributed by atoms with Gasteiger partial charge in [-0.25, -0.2) is 0 Å². The Labute approximate surface area is 61.2 Å². The molecule has 9 heavy (non-hydrogen) atoms. The van der Waals surface area contributed by atoms with Gasteiger partial charge < -0.3 is 4.90 Å². The fourth-order valence-electron chi connectivity index (χ4n) is 0.390. The highest BCUT2D eigenvalue weighted by Crippen LogP contribution is 1.81. The zero-order valence-corrected chi connectivity index (χ0v) is 6.56. The van der Waals surface area contributed by atoms with Crippen molar-refractivity contribution in [3.05, 3.63) is 12.2 Å². The minimum atomic E-state index is 0.482. The van der Waals surface area contributed by atoms with Crippen molar-refractivity contribution < 1.29 is 4.29 Å². The molecule has 0 aliphatic carbocycles. The van der Waals surface area contributed by atoms with Crippen molar-refractivity contribution in [1.29, 1.82) is 0 Å². The molecule has 0 radical (unpaired) electrons. The van der Waals surface area contributed by atoms with Crippen LogP contribution in [0.3, 0.4) is 0 Å². The lowest BCUT2D eigenvalue weighted by atomic mass is 10.5. The van der Waals surface area contributed by atoms with E-state index in [9.17, 15) is 0 Å². The summed E-state index contributed by atoms with van der Waals surface area (Å²) in [5.74, 6) is 0. The SMILES string of the molecule is CN(C)C/C=C/COCl. The molecule has 0 aromatic carbocycles. The molecule has 0 rings (SSSR count). The van der Waals surface area contributed by atoms with Gasteiger partial charge in [0.15, 0.2) is 0 Å². The predicted octanol–water partition coefficient (Wildman–Crippen LogP) is 1.27. The van der Waals surface area contributed by atoms with Gasteiger partial charge in [0.25, 0.3) is 0 Å². The van der Waals surface area contributed by atoms with Crippen LogP contribution in [0.15, 0.2) is 12.2 Å². The van der Waals surface area contributed by atoms with E-state index in [4.69, 9.17) is 11.9 Å². The molecule has 0 fully saturated rings. The largest absolute Gasteiger partial charge is 0.306 e. The molecule has 0 saturated carbocycles. The first-order valence-electron chi connectivity index (χ1n) is 2.80. The van der Waals surface area contributed by atoms with E-state index in [0.717, 1.165) is 6.54 Å². The monoisotopic (exact) mass is 149 g/mol. The molecule has 0 atom stereocenters. The molecule has 54 valence electrons. The zero-order chi connectivity index (χ0) is 7.11. The smallest absolute Gasteiger partial charge is 0.0864 e. The maximum atomic E-state index is 4.95. The van der Waals surface area contributed by atoms with E-state index in [0.29, 0.717) is 6.61 Å². The molecule has 0 aliphatic rings. The van der Waals surface area contributed by atoms with Crippen molar-refractivity contribution in [2.24, 2.45) is 0 Å². The van der Waals surface area contributed by atoms with Crippen molar-refractivity contribution in [3.63, 3.8) is 0 Å². The summed E-state index contributed by atoms with van der Waals surface area (Å²) >= 11 is 4.95. The molecule has 0 saturated heterocycles. The molecule has 0 aliphatic heterocycles. The number of halogens is 1. The van der Waals surface area contributed by atoms with Gasteiger partial charge >= 0.3 is 0 Å². The lowest BCUT2D eigenvalue weighted by Crippen LogP contribution is -2.10. The van der Waals surface area contributed by atoms with Gasteiger partial charge in [-0.2, -0.15) is 0 Å². The summed E-state index contributed by atoms with van der Waals surface area (Å²) in [5.41, 5.74) is 0. The quantitative estimate of drug-likeness (QED) is 0.559. The average Bonchev–Trinajstić information content (AvgIpc) is 1.80. The summed E-state index contributed by atoms with van der Waals surface area (Å²) in [6, 6.07) is 0. The van der Waals surface area contributed by atoms with Gasteiger partial charge in [0.1, 0.15) is 0 Å². The third kappa shape index (κ3) is 7.95. The molecule has 0 amide bonds. The molecule has 0 unspecified atom stereocenters. The average molecular weight is 150 g/mol. The fourth-order valence-corrected chi connectivity index (χ4v) is 0.463. The second-order valence-electron chi connectivity index (χ2n) is 2.01. The van der Waals surface area contributed by atoms with E-state index in [-0.39, 0.29) is 0 Å². The van der Waals surface area contributed by atoms with E-state index >= 15 is 0 Å². The van der Waals surface area contributed by atoms with Crippen LogP contribution < -0.4 is 0 Å². The molecule has 0 aromatic heterocycles. The number of nitrogens with zero attached hydrogens (tertiary/aromatic N) is 1. The summed E-state index contributed by atoms with van der Waals surface area (Å²) in [7, 11) is 4.01. The third-order valence-electron chi connectivity index (χ3n) is 0.796. The normalized spacial score (nSPS) is 11.6. The zero-order valence-electron chi connectivity index (χ0n) is 5.80. The molecule has 3 heteroatoms. The van der Waals surface area contributed by atoms with Crippen molar-refractivity contribution >= 4 is 11.9 Å². The maximum absolute atomic E-state index is 4.95. The Kier molecular flexibility index (Phi) is 6.04. The molecule has 0 heterocycles.